The Labute approximate surface area is 128 Å². The third-order valence-corrected chi connectivity index (χ3v) is 4.06. The lowest BCUT2D eigenvalue weighted by atomic mass is 9.99. The second-order valence-corrected chi connectivity index (χ2v) is 6.01. The number of nitro groups is 1. The highest BCUT2D eigenvalue weighted by molar-refractivity contribution is 6.31. The van der Waals surface area contributed by atoms with Crippen LogP contribution in [-0.2, 0) is 4.79 Å². The van der Waals surface area contributed by atoms with Crippen LogP contribution in [0, 0.1) is 16.0 Å². The van der Waals surface area contributed by atoms with Crippen LogP contribution in [0.25, 0.3) is 0 Å². The third-order valence-electron chi connectivity index (χ3n) is 3.82. The molecule has 1 aliphatic heterocycles. The summed E-state index contributed by atoms with van der Waals surface area (Å²) in [5.74, 6) is 0.496. The first kappa shape index (κ1) is 15.7. The van der Waals surface area contributed by atoms with Gasteiger partial charge in [0.25, 0.3) is 11.6 Å². The Morgan fingerprint density at radius 1 is 1.48 bits per heavy atom. The molecule has 1 heterocycles. The number of piperidine rings is 1. The molecule has 0 unspecified atom stereocenters. The van der Waals surface area contributed by atoms with Crippen molar-refractivity contribution in [2.45, 2.75) is 19.8 Å². The van der Waals surface area contributed by atoms with E-state index in [2.05, 4.69) is 12.2 Å². The summed E-state index contributed by atoms with van der Waals surface area (Å²) in [6.07, 6.45) is 2.22. The monoisotopic (exact) mass is 312 g/mol. The number of nitrogens with zero attached hydrogens (tertiary/aromatic N) is 1. The molecule has 1 aromatic carbocycles. The summed E-state index contributed by atoms with van der Waals surface area (Å²) >= 11 is 5.83. The molecule has 1 saturated heterocycles. The number of hydrogen-bond donors (Lipinski definition) is 2. The van der Waals surface area contributed by atoms with Gasteiger partial charge >= 0.3 is 0 Å². The first-order valence-electron chi connectivity index (χ1n) is 7.03. The van der Waals surface area contributed by atoms with E-state index < -0.39 is 4.92 Å². The van der Waals surface area contributed by atoms with E-state index in [0.717, 1.165) is 25.9 Å². The highest BCUT2D eigenvalue weighted by atomic mass is 35.5. The predicted molar refractivity (Wildman–Crippen MR) is 80.7 cm³/mol. The highest BCUT2D eigenvalue weighted by Gasteiger charge is 2.23. The molecule has 0 aliphatic carbocycles. The van der Waals surface area contributed by atoms with E-state index in [4.69, 9.17) is 11.6 Å². The molecule has 1 aliphatic rings. The van der Waals surface area contributed by atoms with Crippen LogP contribution >= 0.6 is 11.6 Å². The highest BCUT2D eigenvalue weighted by Crippen LogP contribution is 2.27. The number of carbonyl (C=O) groups excluding carboxylic acids is 1. The van der Waals surface area contributed by atoms with Gasteiger partial charge in [0.05, 0.1) is 18.0 Å². The SMILES string of the molecule is CC1CC[NH+](CC(=O)Nc2cc(Cl)ccc2[N+](=O)[O-])CC1. The van der Waals surface area contributed by atoms with Crippen LogP contribution < -0.4 is 10.2 Å². The van der Waals surface area contributed by atoms with Crippen LogP contribution in [0.15, 0.2) is 18.2 Å². The van der Waals surface area contributed by atoms with Gasteiger partial charge < -0.3 is 10.2 Å². The summed E-state index contributed by atoms with van der Waals surface area (Å²) in [6.45, 7) is 4.47. The van der Waals surface area contributed by atoms with E-state index in [1.807, 2.05) is 0 Å². The predicted octanol–water partition coefficient (Wildman–Crippen LogP) is 1.50. The number of hydrogen-bond acceptors (Lipinski definition) is 3. The van der Waals surface area contributed by atoms with Crippen LogP contribution in [0.2, 0.25) is 5.02 Å². The molecule has 1 amide bonds. The van der Waals surface area contributed by atoms with Crippen molar-refractivity contribution in [1.82, 2.24) is 0 Å². The van der Waals surface area contributed by atoms with Crippen molar-refractivity contribution >= 4 is 28.9 Å². The van der Waals surface area contributed by atoms with Gasteiger partial charge in [-0.15, -0.1) is 0 Å². The first-order chi connectivity index (χ1) is 9.95. The number of carbonyl (C=O) groups is 1. The Balaban J connectivity index is 1.99. The van der Waals surface area contributed by atoms with E-state index in [0.29, 0.717) is 17.5 Å². The zero-order chi connectivity index (χ0) is 15.4. The quantitative estimate of drug-likeness (QED) is 0.653. The zero-order valence-corrected chi connectivity index (χ0v) is 12.7. The largest absolute Gasteiger partial charge is 0.327 e. The van der Waals surface area contributed by atoms with Gasteiger partial charge in [0.2, 0.25) is 0 Å². The van der Waals surface area contributed by atoms with Crippen molar-refractivity contribution in [2.75, 3.05) is 25.0 Å². The number of nitro benzene ring substituents is 1. The van der Waals surface area contributed by atoms with Crippen molar-refractivity contribution in [2.24, 2.45) is 5.92 Å². The molecule has 0 bridgehead atoms. The summed E-state index contributed by atoms with van der Waals surface area (Å²) in [5.41, 5.74) is 0.0114. The Morgan fingerprint density at radius 2 is 2.14 bits per heavy atom. The Kier molecular flexibility index (Phi) is 5.14. The van der Waals surface area contributed by atoms with Gasteiger partial charge in [-0.2, -0.15) is 0 Å². The molecule has 6 nitrogen and oxygen atoms in total. The number of rotatable bonds is 4. The van der Waals surface area contributed by atoms with Gasteiger partial charge in [0, 0.05) is 11.1 Å². The Bertz CT molecular complexity index is 542. The summed E-state index contributed by atoms with van der Waals surface area (Å²) in [5, 5.41) is 13.9. The molecular formula is C14H19ClN3O3+. The maximum atomic E-state index is 12.1. The average molecular weight is 313 g/mol. The van der Waals surface area contributed by atoms with Gasteiger partial charge in [-0.05, 0) is 30.9 Å². The second-order valence-electron chi connectivity index (χ2n) is 5.58. The standard InChI is InChI=1S/C14H18ClN3O3/c1-10-4-6-17(7-5-10)9-14(19)16-12-8-11(15)2-3-13(12)18(20)21/h2-3,8,10H,4-7,9H2,1H3,(H,16,19)/p+1. The number of benzene rings is 1. The Hall–Kier alpha value is -1.66. The fourth-order valence-corrected chi connectivity index (χ4v) is 2.71. The molecule has 0 aromatic heterocycles. The number of quaternary nitrogens is 1. The van der Waals surface area contributed by atoms with Crippen molar-refractivity contribution in [3.63, 3.8) is 0 Å². The number of anilines is 1. The fourth-order valence-electron chi connectivity index (χ4n) is 2.54. The van der Waals surface area contributed by atoms with Crippen molar-refractivity contribution in [3.8, 4) is 0 Å². The van der Waals surface area contributed by atoms with E-state index in [1.54, 1.807) is 0 Å². The van der Waals surface area contributed by atoms with Gasteiger partial charge in [0.1, 0.15) is 5.69 Å². The van der Waals surface area contributed by atoms with E-state index in [1.165, 1.54) is 23.1 Å². The molecule has 0 atom stereocenters. The van der Waals surface area contributed by atoms with Crippen LogP contribution in [0.3, 0.4) is 0 Å². The minimum atomic E-state index is -0.526. The lowest BCUT2D eigenvalue weighted by Crippen LogP contribution is -3.14. The molecule has 0 spiro atoms. The minimum Gasteiger partial charge on any atom is -0.327 e. The Morgan fingerprint density at radius 3 is 2.76 bits per heavy atom. The average Bonchev–Trinajstić information content (AvgIpc) is 2.41. The lowest BCUT2D eigenvalue weighted by Gasteiger charge is -2.26. The second kappa shape index (κ2) is 6.87. The van der Waals surface area contributed by atoms with Gasteiger partial charge in [-0.25, -0.2) is 0 Å². The zero-order valence-electron chi connectivity index (χ0n) is 11.9. The number of amides is 1. The smallest absolute Gasteiger partial charge is 0.292 e. The molecule has 114 valence electrons. The molecule has 1 aromatic rings. The van der Waals surface area contributed by atoms with Crippen LogP contribution in [0.4, 0.5) is 11.4 Å². The summed E-state index contributed by atoms with van der Waals surface area (Å²) < 4.78 is 0. The molecule has 1 fully saturated rings. The van der Waals surface area contributed by atoms with Gasteiger partial charge in [-0.3, -0.25) is 14.9 Å². The molecule has 7 heteroatoms. The normalized spacial score (nSPS) is 21.8. The van der Waals surface area contributed by atoms with Gasteiger partial charge in [0.15, 0.2) is 6.54 Å². The van der Waals surface area contributed by atoms with Gasteiger partial charge in [-0.1, -0.05) is 18.5 Å². The van der Waals surface area contributed by atoms with E-state index in [-0.39, 0.29) is 17.3 Å². The third kappa shape index (κ3) is 4.41. The lowest BCUT2D eigenvalue weighted by molar-refractivity contribution is -0.897. The summed E-state index contributed by atoms with van der Waals surface area (Å²) in [6, 6.07) is 4.14. The van der Waals surface area contributed by atoms with Crippen molar-refractivity contribution < 1.29 is 14.6 Å². The first-order valence-corrected chi connectivity index (χ1v) is 7.41. The topological polar surface area (TPSA) is 76.7 Å². The molecule has 0 radical (unpaired) electrons. The number of nitrogens with one attached hydrogen (secondary N) is 2. The summed E-state index contributed by atoms with van der Waals surface area (Å²) in [4.78, 5) is 23.7. The molecular weight excluding hydrogens is 294 g/mol. The van der Waals surface area contributed by atoms with Crippen molar-refractivity contribution in [3.05, 3.63) is 33.3 Å². The van der Waals surface area contributed by atoms with Crippen LogP contribution in [0.1, 0.15) is 19.8 Å². The molecule has 21 heavy (non-hydrogen) atoms. The van der Waals surface area contributed by atoms with Crippen LogP contribution in [-0.4, -0.2) is 30.5 Å². The van der Waals surface area contributed by atoms with Crippen molar-refractivity contribution in [1.29, 1.82) is 0 Å². The van der Waals surface area contributed by atoms with Crippen LogP contribution in [0.5, 0.6) is 0 Å². The maximum Gasteiger partial charge on any atom is 0.292 e. The maximum absolute atomic E-state index is 12.1. The minimum absolute atomic E-state index is 0.144. The molecule has 0 saturated carbocycles. The molecule has 2 N–H and O–H groups in total. The summed E-state index contributed by atoms with van der Waals surface area (Å²) in [7, 11) is 0. The van der Waals surface area contributed by atoms with E-state index >= 15 is 0 Å². The number of likely N-dealkylation sites (tertiary alicyclic amines) is 1. The fraction of sp³-hybridized carbons (Fsp3) is 0.500. The number of halogens is 1. The molecule has 2 rings (SSSR count). The van der Waals surface area contributed by atoms with E-state index in [9.17, 15) is 14.9 Å².